The molecule has 0 saturated carbocycles. The highest BCUT2D eigenvalue weighted by atomic mass is 16.6. The van der Waals surface area contributed by atoms with Gasteiger partial charge in [-0.2, -0.15) is 0 Å². The van der Waals surface area contributed by atoms with Gasteiger partial charge in [0, 0.05) is 19.3 Å². The summed E-state index contributed by atoms with van der Waals surface area (Å²) in [4.78, 5) is 38.1. The lowest BCUT2D eigenvalue weighted by atomic mass is 10.1. The molecular weight excluding hydrogens is 829 g/mol. The van der Waals surface area contributed by atoms with E-state index in [1.54, 1.807) is 0 Å². The Labute approximate surface area is 415 Å². The van der Waals surface area contributed by atoms with E-state index in [0.717, 1.165) is 89.9 Å². The predicted molar refractivity (Wildman–Crippen MR) is 288 cm³/mol. The third-order valence-electron chi connectivity index (χ3n) is 12.5. The first-order valence-electron chi connectivity index (χ1n) is 28.8. The van der Waals surface area contributed by atoms with Crippen LogP contribution in [-0.4, -0.2) is 37.2 Å². The Balaban J connectivity index is 4.43. The molecule has 0 N–H and O–H groups in total. The minimum Gasteiger partial charge on any atom is -0.462 e. The van der Waals surface area contributed by atoms with Crippen LogP contribution in [0.1, 0.15) is 290 Å². The van der Waals surface area contributed by atoms with Crippen LogP contribution in [0.2, 0.25) is 0 Å². The maximum atomic E-state index is 12.9. The van der Waals surface area contributed by atoms with Crippen molar-refractivity contribution in [2.75, 3.05) is 13.2 Å². The van der Waals surface area contributed by atoms with E-state index in [4.69, 9.17) is 14.2 Å². The van der Waals surface area contributed by atoms with Crippen LogP contribution in [0, 0.1) is 0 Å². The second kappa shape index (κ2) is 55.7. The minimum absolute atomic E-state index is 0.0897. The highest BCUT2D eigenvalue weighted by Gasteiger charge is 2.19. The molecular formula is C61H108O6. The SMILES string of the molecule is CCCCCCC\C=C/C=C\C=C/CCCCCCCC(=O)OCC(COC(=O)CCCCC/C=C\CCCCCCCCC)OC(=O)CCCCCCCCC/C=C\CCCCCCCC. The van der Waals surface area contributed by atoms with Crippen molar-refractivity contribution in [1.82, 2.24) is 0 Å². The molecule has 0 fully saturated rings. The zero-order valence-corrected chi connectivity index (χ0v) is 44.4. The van der Waals surface area contributed by atoms with Gasteiger partial charge in [0.25, 0.3) is 0 Å². The van der Waals surface area contributed by atoms with Gasteiger partial charge in [-0.15, -0.1) is 0 Å². The molecule has 0 spiro atoms. The quantitative estimate of drug-likeness (QED) is 0.0199. The Bertz CT molecular complexity index is 1210. The average molecular weight is 938 g/mol. The average Bonchev–Trinajstić information content (AvgIpc) is 3.33. The number of unbranched alkanes of at least 4 members (excludes halogenated alkanes) is 33. The van der Waals surface area contributed by atoms with Crippen molar-refractivity contribution in [2.45, 2.75) is 297 Å². The van der Waals surface area contributed by atoms with E-state index in [9.17, 15) is 14.4 Å². The van der Waals surface area contributed by atoms with E-state index in [2.05, 4.69) is 81.5 Å². The van der Waals surface area contributed by atoms with Gasteiger partial charge in [-0.25, -0.2) is 0 Å². The van der Waals surface area contributed by atoms with Crippen molar-refractivity contribution in [1.29, 1.82) is 0 Å². The molecule has 0 bridgehead atoms. The molecule has 0 aliphatic heterocycles. The highest BCUT2D eigenvalue weighted by Crippen LogP contribution is 2.15. The lowest BCUT2D eigenvalue weighted by Gasteiger charge is -2.18. The van der Waals surface area contributed by atoms with Crippen LogP contribution >= 0.6 is 0 Å². The van der Waals surface area contributed by atoms with Crippen LogP contribution in [-0.2, 0) is 28.6 Å². The van der Waals surface area contributed by atoms with E-state index in [0.29, 0.717) is 19.3 Å². The van der Waals surface area contributed by atoms with Gasteiger partial charge >= 0.3 is 17.9 Å². The Hall–Kier alpha value is -2.89. The van der Waals surface area contributed by atoms with Crippen LogP contribution < -0.4 is 0 Å². The number of allylic oxidation sites excluding steroid dienone is 10. The molecule has 0 aliphatic rings. The standard InChI is InChI=1S/C61H108O6/c1-4-7-10-13-16-19-22-25-28-30-32-33-36-39-42-45-48-51-54-60(63)66-57-58(56-65-59(62)53-50-47-44-41-38-35-27-24-21-18-15-12-9-6-3)67-61(64)55-52-49-46-43-40-37-34-31-29-26-23-20-17-14-11-8-5-2/h22,25-26,28-30,32-33,35,38,58H,4-21,23-24,27,31,34,36-37,39-57H2,1-3H3/b25-22-,29-26-,30-28-,33-32-,38-35-. The van der Waals surface area contributed by atoms with Gasteiger partial charge in [0.15, 0.2) is 6.10 Å². The van der Waals surface area contributed by atoms with Crippen molar-refractivity contribution in [3.8, 4) is 0 Å². The summed E-state index contributed by atoms with van der Waals surface area (Å²) < 4.78 is 16.8. The monoisotopic (exact) mass is 937 g/mol. The van der Waals surface area contributed by atoms with Crippen molar-refractivity contribution in [3.05, 3.63) is 60.8 Å². The number of rotatable bonds is 52. The molecule has 6 nitrogen and oxygen atoms in total. The first kappa shape index (κ1) is 64.1. The number of esters is 3. The first-order valence-corrected chi connectivity index (χ1v) is 28.8. The molecule has 0 rings (SSSR count). The van der Waals surface area contributed by atoms with E-state index in [1.165, 1.54) is 161 Å². The molecule has 0 aromatic carbocycles. The van der Waals surface area contributed by atoms with Gasteiger partial charge in [0.2, 0.25) is 0 Å². The summed E-state index contributed by atoms with van der Waals surface area (Å²) in [5.41, 5.74) is 0. The maximum Gasteiger partial charge on any atom is 0.306 e. The van der Waals surface area contributed by atoms with Crippen LogP contribution in [0.3, 0.4) is 0 Å². The highest BCUT2D eigenvalue weighted by molar-refractivity contribution is 5.71. The largest absolute Gasteiger partial charge is 0.462 e. The Morgan fingerprint density at radius 1 is 0.299 bits per heavy atom. The van der Waals surface area contributed by atoms with Crippen molar-refractivity contribution in [2.24, 2.45) is 0 Å². The second-order valence-electron chi connectivity index (χ2n) is 19.3. The Kier molecular flexibility index (Phi) is 53.3. The van der Waals surface area contributed by atoms with Gasteiger partial charge in [0.05, 0.1) is 0 Å². The molecule has 0 radical (unpaired) electrons. The van der Waals surface area contributed by atoms with Crippen LogP contribution in [0.15, 0.2) is 60.8 Å². The molecule has 1 atom stereocenters. The minimum atomic E-state index is -0.791. The number of carbonyl (C=O) groups excluding carboxylic acids is 3. The van der Waals surface area contributed by atoms with Gasteiger partial charge in [-0.1, -0.05) is 236 Å². The topological polar surface area (TPSA) is 78.9 Å². The zero-order chi connectivity index (χ0) is 48.6. The molecule has 67 heavy (non-hydrogen) atoms. The van der Waals surface area contributed by atoms with E-state index < -0.39 is 6.10 Å². The molecule has 0 aromatic heterocycles. The lowest BCUT2D eigenvalue weighted by Crippen LogP contribution is -2.30. The van der Waals surface area contributed by atoms with Crippen molar-refractivity contribution >= 4 is 17.9 Å². The van der Waals surface area contributed by atoms with E-state index in [-0.39, 0.29) is 31.1 Å². The summed E-state index contributed by atoms with van der Waals surface area (Å²) in [6.45, 7) is 6.60. The molecule has 0 saturated heterocycles. The predicted octanol–water partition coefficient (Wildman–Crippen LogP) is 19.2. The molecule has 1 unspecified atom stereocenters. The fraction of sp³-hybridized carbons (Fsp3) is 0.787. The van der Waals surface area contributed by atoms with Crippen LogP contribution in [0.25, 0.3) is 0 Å². The molecule has 0 aliphatic carbocycles. The fourth-order valence-corrected chi connectivity index (χ4v) is 8.14. The van der Waals surface area contributed by atoms with Crippen molar-refractivity contribution < 1.29 is 28.6 Å². The van der Waals surface area contributed by atoms with Crippen LogP contribution in [0.5, 0.6) is 0 Å². The molecule has 0 heterocycles. The number of hydrogen-bond donors (Lipinski definition) is 0. The Morgan fingerprint density at radius 2 is 0.552 bits per heavy atom. The van der Waals surface area contributed by atoms with E-state index in [1.807, 2.05) is 0 Å². The molecule has 388 valence electrons. The van der Waals surface area contributed by atoms with Crippen molar-refractivity contribution in [3.63, 3.8) is 0 Å². The van der Waals surface area contributed by atoms with Gasteiger partial charge < -0.3 is 14.2 Å². The second-order valence-corrected chi connectivity index (χ2v) is 19.3. The van der Waals surface area contributed by atoms with Gasteiger partial charge in [-0.05, 0) is 96.3 Å². The summed E-state index contributed by atoms with van der Waals surface area (Å²) in [7, 11) is 0. The summed E-state index contributed by atoms with van der Waals surface area (Å²) in [5, 5.41) is 0. The zero-order valence-electron chi connectivity index (χ0n) is 44.4. The number of ether oxygens (including phenoxy) is 3. The maximum absolute atomic E-state index is 12.9. The molecule has 6 heteroatoms. The van der Waals surface area contributed by atoms with Gasteiger partial charge in [0.1, 0.15) is 13.2 Å². The summed E-state index contributed by atoms with van der Waals surface area (Å²) in [6.07, 6.45) is 69.2. The van der Waals surface area contributed by atoms with Gasteiger partial charge in [-0.3, -0.25) is 14.4 Å². The third-order valence-corrected chi connectivity index (χ3v) is 12.5. The fourth-order valence-electron chi connectivity index (χ4n) is 8.14. The Morgan fingerprint density at radius 3 is 0.881 bits per heavy atom. The first-order chi connectivity index (χ1) is 33.0. The number of hydrogen-bond acceptors (Lipinski definition) is 6. The summed E-state index contributed by atoms with van der Waals surface area (Å²) in [5.74, 6) is -0.918. The van der Waals surface area contributed by atoms with Crippen LogP contribution in [0.4, 0.5) is 0 Å². The summed E-state index contributed by atoms with van der Waals surface area (Å²) >= 11 is 0. The summed E-state index contributed by atoms with van der Waals surface area (Å²) in [6, 6.07) is 0. The van der Waals surface area contributed by atoms with E-state index >= 15 is 0 Å². The molecule has 0 aromatic rings. The molecule has 0 amide bonds. The smallest absolute Gasteiger partial charge is 0.306 e. The normalized spacial score (nSPS) is 12.5. The number of carbonyl (C=O) groups is 3. The third kappa shape index (κ3) is 53.9. The lowest BCUT2D eigenvalue weighted by molar-refractivity contribution is -0.167.